The smallest absolute Gasteiger partial charge is 0.226 e. The van der Waals surface area contributed by atoms with E-state index in [2.05, 4.69) is 4.90 Å². The molecule has 34 heavy (non-hydrogen) atoms. The van der Waals surface area contributed by atoms with E-state index >= 15 is 0 Å². The summed E-state index contributed by atoms with van der Waals surface area (Å²) in [6.07, 6.45) is 0.624. The van der Waals surface area contributed by atoms with Gasteiger partial charge < -0.3 is 14.6 Å². The Morgan fingerprint density at radius 1 is 0.853 bits per heavy atom. The summed E-state index contributed by atoms with van der Waals surface area (Å²) in [4.78, 5) is 57.4. The summed E-state index contributed by atoms with van der Waals surface area (Å²) in [7, 11) is 4.66. The summed E-state index contributed by atoms with van der Waals surface area (Å²) in [6, 6.07) is -1.63. The molecule has 3 aliphatic heterocycles. The number of hydrogen-bond donors (Lipinski definition) is 1. The van der Waals surface area contributed by atoms with Gasteiger partial charge in [0, 0.05) is 52.1 Å². The lowest BCUT2D eigenvalue weighted by molar-refractivity contribution is -0.124. The molecule has 5 rings (SSSR count). The van der Waals surface area contributed by atoms with Gasteiger partial charge in [-0.1, -0.05) is 0 Å². The molecule has 1 saturated heterocycles. The van der Waals surface area contributed by atoms with Crippen molar-refractivity contribution in [2.45, 2.75) is 50.9 Å². The number of hydrogen-bond acceptors (Lipinski definition) is 9. The minimum atomic E-state index is -0.696. The van der Waals surface area contributed by atoms with Crippen molar-refractivity contribution in [3.63, 3.8) is 0 Å². The Labute approximate surface area is 197 Å². The molecular formula is C25H28N2O7. The number of likely N-dealkylation sites (N-methyl/N-ethyl adjacent to an activating group) is 1. The van der Waals surface area contributed by atoms with Crippen LogP contribution < -0.4 is 0 Å². The summed E-state index contributed by atoms with van der Waals surface area (Å²) >= 11 is 0. The van der Waals surface area contributed by atoms with Gasteiger partial charge in [0.05, 0.1) is 32.9 Å². The van der Waals surface area contributed by atoms with Gasteiger partial charge in [-0.3, -0.25) is 29.0 Å². The number of ketones is 4. The van der Waals surface area contributed by atoms with E-state index in [-0.39, 0.29) is 70.9 Å². The number of aliphatic hydroxyl groups is 1. The average Bonchev–Trinajstić information content (AvgIpc) is 2.81. The van der Waals surface area contributed by atoms with Crippen LogP contribution in [0.2, 0.25) is 0 Å². The summed E-state index contributed by atoms with van der Waals surface area (Å²) in [5.41, 5.74) is 2.11. The van der Waals surface area contributed by atoms with Crippen molar-refractivity contribution >= 4 is 23.1 Å². The van der Waals surface area contributed by atoms with E-state index in [1.807, 2.05) is 11.9 Å². The Kier molecular flexibility index (Phi) is 5.27. The maximum atomic E-state index is 13.5. The topological polar surface area (TPSA) is 113 Å². The van der Waals surface area contributed by atoms with Crippen LogP contribution in [0.4, 0.5) is 0 Å². The first-order chi connectivity index (χ1) is 16.2. The lowest BCUT2D eigenvalue weighted by Crippen LogP contribution is -2.70. The van der Waals surface area contributed by atoms with E-state index in [9.17, 15) is 24.3 Å². The number of rotatable bonds is 3. The lowest BCUT2D eigenvalue weighted by Gasteiger charge is -2.58. The van der Waals surface area contributed by atoms with Gasteiger partial charge in [-0.25, -0.2) is 0 Å². The quantitative estimate of drug-likeness (QED) is 0.582. The first kappa shape index (κ1) is 22.9. The monoisotopic (exact) mass is 468 g/mol. The fourth-order valence-electron chi connectivity index (χ4n) is 6.51. The van der Waals surface area contributed by atoms with E-state index in [1.54, 1.807) is 13.8 Å². The number of aliphatic hydroxyl groups excluding tert-OH is 1. The molecule has 0 aromatic heterocycles. The van der Waals surface area contributed by atoms with Gasteiger partial charge in [-0.05, 0) is 33.7 Å². The van der Waals surface area contributed by atoms with Crippen LogP contribution in [-0.2, 0) is 28.7 Å². The van der Waals surface area contributed by atoms with Crippen molar-refractivity contribution in [3.8, 4) is 0 Å². The van der Waals surface area contributed by atoms with E-state index in [4.69, 9.17) is 9.47 Å². The highest BCUT2D eigenvalue weighted by atomic mass is 16.5. The Bertz CT molecular complexity index is 1190. The maximum Gasteiger partial charge on any atom is 0.226 e. The molecule has 2 bridgehead atoms. The predicted molar refractivity (Wildman–Crippen MR) is 119 cm³/mol. The highest BCUT2D eigenvalue weighted by Gasteiger charge is 2.56. The summed E-state index contributed by atoms with van der Waals surface area (Å²) in [5.74, 6) is -1.08. The number of piperazine rings is 1. The third kappa shape index (κ3) is 2.77. The zero-order chi connectivity index (χ0) is 24.6. The Morgan fingerprint density at radius 3 is 1.91 bits per heavy atom. The van der Waals surface area contributed by atoms with Crippen LogP contribution in [0.1, 0.15) is 26.7 Å². The highest BCUT2D eigenvalue weighted by molar-refractivity contribution is 6.26. The van der Waals surface area contributed by atoms with Crippen LogP contribution in [0.15, 0.2) is 45.0 Å². The van der Waals surface area contributed by atoms with Crippen molar-refractivity contribution in [1.82, 2.24) is 9.80 Å². The lowest BCUT2D eigenvalue weighted by atomic mass is 9.69. The molecular weight excluding hydrogens is 440 g/mol. The van der Waals surface area contributed by atoms with Crippen LogP contribution in [0.3, 0.4) is 0 Å². The summed E-state index contributed by atoms with van der Waals surface area (Å²) < 4.78 is 10.6. The molecule has 0 aromatic rings. The van der Waals surface area contributed by atoms with Gasteiger partial charge in [0.1, 0.15) is 0 Å². The van der Waals surface area contributed by atoms with Crippen molar-refractivity contribution in [3.05, 3.63) is 45.0 Å². The zero-order valence-electron chi connectivity index (χ0n) is 19.9. The molecule has 3 heterocycles. The number of carbonyl (C=O) groups excluding carboxylic acids is 4. The molecule has 0 saturated carbocycles. The molecule has 0 spiro atoms. The number of fused-ring (bicyclic) bond motifs is 5. The second-order valence-corrected chi connectivity index (χ2v) is 9.55. The Morgan fingerprint density at radius 2 is 1.38 bits per heavy atom. The number of allylic oxidation sites excluding steroid dienone is 4. The van der Waals surface area contributed by atoms with Gasteiger partial charge in [-0.2, -0.15) is 0 Å². The molecule has 9 nitrogen and oxygen atoms in total. The second-order valence-electron chi connectivity index (χ2n) is 9.55. The van der Waals surface area contributed by atoms with Crippen molar-refractivity contribution in [2.75, 3.05) is 34.4 Å². The molecule has 5 aliphatic rings. The zero-order valence-corrected chi connectivity index (χ0v) is 19.9. The van der Waals surface area contributed by atoms with Gasteiger partial charge in [0.2, 0.25) is 11.6 Å². The van der Waals surface area contributed by atoms with E-state index in [0.29, 0.717) is 35.3 Å². The molecule has 4 atom stereocenters. The van der Waals surface area contributed by atoms with Crippen LogP contribution in [0.5, 0.6) is 0 Å². The normalized spacial score (nSPS) is 32.3. The third-order valence-electron chi connectivity index (χ3n) is 8.15. The summed E-state index contributed by atoms with van der Waals surface area (Å²) in [6.45, 7) is 3.31. The molecule has 0 amide bonds. The number of Topliss-reactive ketones (excluding diaryl/α,β-unsaturated/α-hetero) is 4. The molecule has 2 aliphatic carbocycles. The number of methoxy groups -OCH3 is 2. The van der Waals surface area contributed by atoms with Crippen LogP contribution in [0, 0.1) is 0 Å². The number of carbonyl (C=O) groups is 4. The predicted octanol–water partition coefficient (Wildman–Crippen LogP) is 0.246. The molecule has 180 valence electrons. The first-order valence-electron chi connectivity index (χ1n) is 11.4. The Balaban J connectivity index is 1.65. The standard InChI is InChI=1S/C25H28N2O7/c1-10-20(29)13-6-12-8-27-15(19(26(12)3)18(13)23(32)25(10)34-5)7-14-17(16(27)9-28)22(31)24(33-4)11(2)21(14)30/h12,15-16,19,28H,6-9H2,1-5H3/t12-,15-,16-,19-/m0/s1. The van der Waals surface area contributed by atoms with E-state index < -0.39 is 12.1 Å². The minimum absolute atomic E-state index is 0.0124. The van der Waals surface area contributed by atoms with Crippen LogP contribution in [0.25, 0.3) is 0 Å². The van der Waals surface area contributed by atoms with Crippen molar-refractivity contribution in [2.24, 2.45) is 0 Å². The molecule has 0 aromatic carbocycles. The SMILES string of the molecule is COC1=C(C)C(=O)C2=C(C1=O)[C@@H]1[C@@H]3CC4=C(C(=O)C(OC)=C(C)C4=O)[C@H](CO)N3C[C@H](C2)N1C. The van der Waals surface area contributed by atoms with Crippen LogP contribution >= 0.6 is 0 Å². The van der Waals surface area contributed by atoms with Gasteiger partial charge >= 0.3 is 0 Å². The average molecular weight is 469 g/mol. The number of ether oxygens (including phenoxy) is 2. The summed E-state index contributed by atoms with van der Waals surface area (Å²) in [5, 5.41) is 10.4. The fraction of sp³-hybridized carbons (Fsp3) is 0.520. The minimum Gasteiger partial charge on any atom is -0.492 e. The maximum absolute atomic E-state index is 13.5. The van der Waals surface area contributed by atoms with Crippen LogP contribution in [-0.4, -0.2) is 96.6 Å². The molecule has 9 heteroatoms. The first-order valence-corrected chi connectivity index (χ1v) is 11.4. The molecule has 0 unspecified atom stereocenters. The van der Waals surface area contributed by atoms with E-state index in [0.717, 1.165) is 0 Å². The second kappa shape index (κ2) is 7.83. The molecule has 1 N–H and O–H groups in total. The van der Waals surface area contributed by atoms with Gasteiger partial charge in [0.15, 0.2) is 23.1 Å². The van der Waals surface area contributed by atoms with Gasteiger partial charge in [0.25, 0.3) is 0 Å². The molecule has 1 fully saturated rings. The fourth-order valence-corrected chi connectivity index (χ4v) is 6.51. The highest BCUT2D eigenvalue weighted by Crippen LogP contribution is 2.46. The largest absolute Gasteiger partial charge is 0.492 e. The Hall–Kier alpha value is -2.88. The molecule has 0 radical (unpaired) electrons. The third-order valence-corrected chi connectivity index (χ3v) is 8.15. The number of nitrogens with zero attached hydrogens (tertiary/aromatic N) is 2. The van der Waals surface area contributed by atoms with Crippen molar-refractivity contribution in [1.29, 1.82) is 0 Å². The van der Waals surface area contributed by atoms with Gasteiger partial charge in [-0.15, -0.1) is 0 Å². The van der Waals surface area contributed by atoms with Crippen molar-refractivity contribution < 1.29 is 33.8 Å². The van der Waals surface area contributed by atoms with E-state index in [1.165, 1.54) is 14.2 Å².